The molecule has 0 saturated carbocycles. The van der Waals surface area contributed by atoms with Gasteiger partial charge in [-0.1, -0.05) is 200 Å². The summed E-state index contributed by atoms with van der Waals surface area (Å²) in [6.07, 6.45) is 2.30. The molecular formula is C87H110Cl2HfN2O4-2. The summed E-state index contributed by atoms with van der Waals surface area (Å²) in [4.78, 5) is 0. The Morgan fingerprint density at radius 2 is 0.625 bits per heavy atom. The summed E-state index contributed by atoms with van der Waals surface area (Å²) < 4.78 is 18.5. The fraction of sp³-hybridized carbons (Fsp3) is 0.425. The third kappa shape index (κ3) is 15.7. The molecule has 0 fully saturated rings. The van der Waals surface area contributed by atoms with Crippen molar-refractivity contribution in [2.24, 2.45) is 10.8 Å². The first-order valence-electron chi connectivity index (χ1n) is 33.6. The van der Waals surface area contributed by atoms with Crippen LogP contribution >= 0.6 is 23.2 Å². The van der Waals surface area contributed by atoms with Crippen molar-refractivity contribution in [1.82, 2.24) is 9.13 Å². The van der Waals surface area contributed by atoms with E-state index in [0.29, 0.717) is 74.8 Å². The van der Waals surface area contributed by atoms with E-state index in [1.165, 1.54) is 22.3 Å². The van der Waals surface area contributed by atoms with Crippen LogP contribution in [0.15, 0.2) is 121 Å². The van der Waals surface area contributed by atoms with Crippen LogP contribution in [0.25, 0.3) is 77.2 Å². The Hall–Kier alpha value is -5.99. The summed E-state index contributed by atoms with van der Waals surface area (Å²) in [5, 5.41) is 32.1. The maximum atomic E-state index is 13.2. The molecule has 10 rings (SSSR count). The maximum Gasteiger partial charge on any atom is 0.147 e. The quantitative estimate of drug-likeness (QED) is 0.0647. The van der Waals surface area contributed by atoms with Gasteiger partial charge in [-0.2, -0.15) is 0 Å². The van der Waals surface area contributed by atoms with Gasteiger partial charge in [0.1, 0.15) is 23.0 Å². The molecule has 0 radical (unpaired) electrons. The van der Waals surface area contributed by atoms with Gasteiger partial charge in [0, 0.05) is 86.1 Å². The normalized spacial score (nSPS) is 12.9. The minimum Gasteiger partial charge on any atom is -0.505 e. The molecule has 10 aromatic rings. The summed E-state index contributed by atoms with van der Waals surface area (Å²) in [6, 6.07) is 43.7. The molecule has 9 heteroatoms. The predicted octanol–water partition coefficient (Wildman–Crippen LogP) is 25.9. The van der Waals surface area contributed by atoms with E-state index in [-0.39, 0.29) is 95.5 Å². The zero-order valence-electron chi connectivity index (χ0n) is 62.9. The van der Waals surface area contributed by atoms with Crippen LogP contribution in [0.2, 0.25) is 10.0 Å². The number of benzene rings is 8. The molecule has 6 nitrogen and oxygen atoms in total. The number of nitrogens with zero attached hydrogens (tertiary/aromatic N) is 2. The average molecular weight is 1500 g/mol. The Labute approximate surface area is 606 Å². The number of hydrogen-bond donors (Lipinski definition) is 2. The fourth-order valence-electron chi connectivity index (χ4n) is 14.7. The first-order chi connectivity index (χ1) is 42.8. The molecule has 2 aromatic heterocycles. The van der Waals surface area contributed by atoms with Crippen LogP contribution < -0.4 is 9.47 Å². The molecule has 0 unspecified atom stereocenters. The molecule has 0 atom stereocenters. The number of aromatic nitrogens is 2. The molecule has 0 aliphatic rings. The van der Waals surface area contributed by atoms with E-state index in [1.54, 1.807) is 0 Å². The van der Waals surface area contributed by atoms with Gasteiger partial charge in [-0.05, 0) is 212 Å². The molecule has 2 heterocycles. The van der Waals surface area contributed by atoms with Crippen LogP contribution in [-0.4, -0.2) is 32.6 Å². The molecule has 0 saturated heterocycles. The Balaban J connectivity index is 0.00000433. The van der Waals surface area contributed by atoms with E-state index >= 15 is 0 Å². The monoisotopic (exact) mass is 1500 g/mol. The van der Waals surface area contributed by atoms with E-state index in [4.69, 9.17) is 32.7 Å². The minimum atomic E-state index is -0.308. The molecule has 512 valence electrons. The second-order valence-corrected chi connectivity index (χ2v) is 35.7. The van der Waals surface area contributed by atoms with Gasteiger partial charge in [-0.15, -0.1) is 0 Å². The minimum absolute atomic E-state index is 0. The van der Waals surface area contributed by atoms with E-state index < -0.39 is 0 Å². The first kappa shape index (κ1) is 77.4. The third-order valence-corrected chi connectivity index (χ3v) is 19.4. The second-order valence-electron chi connectivity index (χ2n) is 34.9. The van der Waals surface area contributed by atoms with Gasteiger partial charge in [-0.25, -0.2) is 0 Å². The number of aromatic hydroxyl groups is 2. The molecule has 0 spiro atoms. The van der Waals surface area contributed by atoms with Crippen molar-refractivity contribution in [3.63, 3.8) is 0 Å². The summed E-state index contributed by atoms with van der Waals surface area (Å²) >= 11 is 14.2. The third-order valence-electron chi connectivity index (χ3n) is 19.0. The molecular weight excluding hydrogens is 1390 g/mol. The number of rotatable bonds is 14. The standard InChI is InChI=1S/C85H104Cl2N2O4.2CH3.Hf/c1-50-36-58(86)46-66(64-42-56(84(21,22)48-78(3,4)5)44-72(74(64)90)88-68-30-26-52(80(9,10)11)38-60(68)61-39-53(81(12,13)14)27-31-69(61)88)76(50)92-34-25-35-93-77-51(2)37-59(87)47-67(77)65-43-57(85(23,24)49-79(6,7)8)45-73(75(65)91)89-70-32-28-54(82(15,16)17)40-62(70)63-41-55(83(18,19)20)29-33-71(63)89;;;/h26-33,36-47,90-91H,25,34-35,48-49H2,1-24H3;2*1H3;/q;2*-1;. The molecule has 0 aliphatic carbocycles. The molecule has 0 amide bonds. The smallest absolute Gasteiger partial charge is 0.147 e. The van der Waals surface area contributed by atoms with Gasteiger partial charge >= 0.3 is 0 Å². The van der Waals surface area contributed by atoms with Crippen LogP contribution in [-0.2, 0) is 58.3 Å². The summed E-state index contributed by atoms with van der Waals surface area (Å²) in [5.41, 5.74) is 16.2. The number of hydrogen-bond acceptors (Lipinski definition) is 4. The van der Waals surface area contributed by atoms with Crippen LogP contribution in [0.3, 0.4) is 0 Å². The van der Waals surface area contributed by atoms with Crippen LogP contribution in [0.5, 0.6) is 23.0 Å². The number of aryl methyl sites for hydroxylation is 2. The number of fused-ring (bicyclic) bond motifs is 6. The van der Waals surface area contributed by atoms with Crippen molar-refractivity contribution >= 4 is 66.8 Å². The zero-order valence-corrected chi connectivity index (χ0v) is 68.0. The Kier molecular flexibility index (Phi) is 22.0. The van der Waals surface area contributed by atoms with Gasteiger partial charge in [0.05, 0.1) is 46.7 Å². The van der Waals surface area contributed by atoms with Gasteiger partial charge in [-0.3, -0.25) is 0 Å². The van der Waals surface area contributed by atoms with E-state index in [2.05, 4.69) is 259 Å². The van der Waals surface area contributed by atoms with Gasteiger partial charge in [0.2, 0.25) is 0 Å². The second kappa shape index (κ2) is 27.3. The van der Waals surface area contributed by atoms with E-state index in [0.717, 1.165) is 78.7 Å². The Morgan fingerprint density at radius 3 is 0.875 bits per heavy atom. The van der Waals surface area contributed by atoms with Crippen molar-refractivity contribution in [1.29, 1.82) is 0 Å². The fourth-order valence-corrected chi connectivity index (χ4v) is 15.3. The largest absolute Gasteiger partial charge is 0.505 e. The van der Waals surface area contributed by atoms with Crippen molar-refractivity contribution in [3.8, 4) is 56.6 Å². The Morgan fingerprint density at radius 1 is 0.354 bits per heavy atom. The zero-order chi connectivity index (χ0) is 68.4. The topological polar surface area (TPSA) is 68.8 Å². The molecule has 2 N–H and O–H groups in total. The average Bonchev–Trinajstić information content (AvgIpc) is 1.53. The van der Waals surface area contributed by atoms with Gasteiger partial charge in [0.25, 0.3) is 0 Å². The first-order valence-corrected chi connectivity index (χ1v) is 34.4. The summed E-state index contributed by atoms with van der Waals surface area (Å²) in [7, 11) is 0. The van der Waals surface area contributed by atoms with E-state index in [9.17, 15) is 10.2 Å². The Bertz CT molecular complexity index is 4120. The van der Waals surface area contributed by atoms with Crippen molar-refractivity contribution in [3.05, 3.63) is 191 Å². The number of phenols is 2. The van der Waals surface area contributed by atoms with Crippen molar-refractivity contribution < 1.29 is 45.5 Å². The summed E-state index contributed by atoms with van der Waals surface area (Å²) in [5.74, 6) is 1.57. The maximum absolute atomic E-state index is 13.2. The molecule has 0 bridgehead atoms. The van der Waals surface area contributed by atoms with Gasteiger partial charge in [0.15, 0.2) is 0 Å². The molecule has 8 aromatic carbocycles. The van der Waals surface area contributed by atoms with E-state index in [1.807, 2.05) is 38.1 Å². The molecule has 96 heavy (non-hydrogen) atoms. The summed E-state index contributed by atoms with van der Waals surface area (Å²) in [6.45, 7) is 54.8. The number of ether oxygens (including phenoxy) is 2. The number of halogens is 2. The number of phenolic OH excluding ortho intramolecular Hbond substituents is 2. The van der Waals surface area contributed by atoms with Gasteiger partial charge < -0.3 is 43.7 Å². The molecule has 0 aliphatic heterocycles. The predicted molar refractivity (Wildman–Crippen MR) is 413 cm³/mol. The van der Waals surface area contributed by atoms with Crippen LogP contribution in [0.1, 0.15) is 216 Å². The SMILES string of the molecule is Cc1cc(Cl)cc(-c2cc(C(C)(C)CC(C)(C)C)cc(-n3c4ccc(C(C)(C)C)cc4c4cc(C(C)(C)C)ccc43)c2O)c1OCCCOc1c(C)cc(Cl)cc1-c1cc(C(C)(C)CC(C)(C)C)cc(-n2c3ccc(C(C)(C)C)cc3c3cc(C(C)(C)C)ccc32)c1O.[CH3-].[CH3-].[Hf]. The van der Waals surface area contributed by atoms with Crippen molar-refractivity contribution in [2.75, 3.05) is 13.2 Å². The van der Waals surface area contributed by atoms with Crippen LogP contribution in [0.4, 0.5) is 0 Å². The van der Waals surface area contributed by atoms with Crippen molar-refractivity contribution in [2.45, 2.75) is 218 Å². The van der Waals surface area contributed by atoms with Crippen LogP contribution in [0, 0.1) is 39.5 Å².